The number of carbonyl (C=O) groups excluding carboxylic acids is 1. The van der Waals surface area contributed by atoms with Crippen LogP contribution in [-0.4, -0.2) is 21.9 Å². The first-order valence-electron chi connectivity index (χ1n) is 7.76. The van der Waals surface area contributed by atoms with Crippen molar-refractivity contribution in [2.24, 2.45) is 0 Å². The minimum Gasteiger partial charge on any atom is -0.336 e. The Balaban J connectivity index is 1.68. The number of aryl methyl sites for hydroxylation is 1. The average Bonchev–Trinajstić information content (AvgIpc) is 3.14. The molecule has 1 aromatic carbocycles. The Bertz CT molecular complexity index is 751. The maximum Gasteiger partial charge on any atom is 0.307 e. The van der Waals surface area contributed by atoms with E-state index in [0.29, 0.717) is 13.0 Å². The van der Waals surface area contributed by atoms with Crippen molar-refractivity contribution in [1.29, 1.82) is 0 Å². The van der Waals surface area contributed by atoms with Crippen LogP contribution in [0.15, 0.2) is 34.4 Å². The highest BCUT2D eigenvalue weighted by Crippen LogP contribution is 2.32. The Morgan fingerprint density at radius 1 is 1.35 bits per heavy atom. The van der Waals surface area contributed by atoms with Gasteiger partial charge in [-0.2, -0.15) is 0 Å². The lowest BCUT2D eigenvalue weighted by Crippen LogP contribution is -2.32. The third kappa shape index (κ3) is 3.37. The van der Waals surface area contributed by atoms with Crippen molar-refractivity contribution in [3.05, 3.63) is 56.4 Å². The Labute approximate surface area is 138 Å². The molecule has 1 amide bonds. The van der Waals surface area contributed by atoms with E-state index in [4.69, 9.17) is 0 Å². The van der Waals surface area contributed by atoms with Crippen molar-refractivity contribution < 1.29 is 9.18 Å². The summed E-state index contributed by atoms with van der Waals surface area (Å²) in [6, 6.07) is 6.39. The third-order valence-electron chi connectivity index (χ3n) is 4.35. The number of rotatable bonds is 4. The number of amides is 1. The molecule has 2 heterocycles. The number of thiazole rings is 1. The van der Waals surface area contributed by atoms with Crippen LogP contribution in [0.25, 0.3) is 0 Å². The predicted molar refractivity (Wildman–Crippen MR) is 88.0 cm³/mol. The zero-order valence-corrected chi connectivity index (χ0v) is 13.8. The maximum atomic E-state index is 13.1. The molecule has 1 unspecified atom stereocenters. The lowest BCUT2D eigenvalue weighted by Gasteiger charge is -2.25. The molecule has 1 aromatic heterocycles. The van der Waals surface area contributed by atoms with Crippen molar-refractivity contribution in [2.45, 2.75) is 38.8 Å². The summed E-state index contributed by atoms with van der Waals surface area (Å²) >= 11 is 1.16. The van der Waals surface area contributed by atoms with Crippen LogP contribution in [0.5, 0.6) is 0 Å². The molecule has 6 heteroatoms. The SMILES string of the molecule is Cc1csc(=O)n1CCC(=O)N1CCCC1c1ccc(F)cc1. The number of hydrogen-bond donors (Lipinski definition) is 0. The molecule has 1 fully saturated rings. The van der Waals surface area contributed by atoms with E-state index in [0.717, 1.165) is 42.0 Å². The first kappa shape index (κ1) is 15.9. The quantitative estimate of drug-likeness (QED) is 0.862. The summed E-state index contributed by atoms with van der Waals surface area (Å²) < 4.78 is 14.7. The van der Waals surface area contributed by atoms with Crippen molar-refractivity contribution in [3.63, 3.8) is 0 Å². The van der Waals surface area contributed by atoms with Gasteiger partial charge in [0.1, 0.15) is 5.82 Å². The van der Waals surface area contributed by atoms with Crippen LogP contribution in [0.4, 0.5) is 4.39 Å². The lowest BCUT2D eigenvalue weighted by molar-refractivity contribution is -0.132. The fraction of sp³-hybridized carbons (Fsp3) is 0.412. The van der Waals surface area contributed by atoms with E-state index in [1.54, 1.807) is 16.7 Å². The minimum absolute atomic E-state index is 0.0170. The molecule has 0 radical (unpaired) electrons. The largest absolute Gasteiger partial charge is 0.336 e. The standard InChI is InChI=1S/C17H19FN2O2S/c1-12-11-23-17(22)19(12)10-8-16(21)20-9-2-3-15(20)13-4-6-14(18)7-5-13/h4-7,11,15H,2-3,8-10H2,1H3. The summed E-state index contributed by atoms with van der Waals surface area (Å²) in [7, 11) is 0. The number of likely N-dealkylation sites (tertiary alicyclic amines) is 1. The lowest BCUT2D eigenvalue weighted by atomic mass is 10.0. The summed E-state index contributed by atoms with van der Waals surface area (Å²) in [6.07, 6.45) is 2.16. The summed E-state index contributed by atoms with van der Waals surface area (Å²) in [5, 5.41) is 1.81. The van der Waals surface area contributed by atoms with Crippen LogP contribution in [0.2, 0.25) is 0 Å². The van der Waals surface area contributed by atoms with E-state index in [1.165, 1.54) is 12.1 Å². The van der Waals surface area contributed by atoms with E-state index in [9.17, 15) is 14.0 Å². The smallest absolute Gasteiger partial charge is 0.307 e. The molecule has 2 aromatic rings. The molecule has 1 saturated heterocycles. The molecule has 0 N–H and O–H groups in total. The Morgan fingerprint density at radius 2 is 2.09 bits per heavy atom. The second-order valence-corrected chi connectivity index (χ2v) is 6.66. The number of benzene rings is 1. The predicted octanol–water partition coefficient (Wildman–Crippen LogP) is 3.11. The monoisotopic (exact) mass is 334 g/mol. The summed E-state index contributed by atoms with van der Waals surface area (Å²) in [6.45, 7) is 3.01. The van der Waals surface area contributed by atoms with Crippen LogP contribution in [-0.2, 0) is 11.3 Å². The van der Waals surface area contributed by atoms with Gasteiger partial charge in [-0.25, -0.2) is 4.39 Å². The van der Waals surface area contributed by atoms with E-state index in [-0.39, 0.29) is 22.6 Å². The third-order valence-corrected chi connectivity index (χ3v) is 5.23. The number of aromatic nitrogens is 1. The summed E-state index contributed by atoms with van der Waals surface area (Å²) in [4.78, 5) is 26.1. The maximum absolute atomic E-state index is 13.1. The molecule has 0 aliphatic carbocycles. The summed E-state index contributed by atoms with van der Waals surface area (Å²) in [5.74, 6) is -0.216. The van der Waals surface area contributed by atoms with Crippen LogP contribution in [0, 0.1) is 12.7 Å². The van der Waals surface area contributed by atoms with E-state index < -0.39 is 0 Å². The van der Waals surface area contributed by atoms with Crippen LogP contribution < -0.4 is 4.87 Å². The molecular formula is C17H19FN2O2S. The van der Waals surface area contributed by atoms with E-state index in [2.05, 4.69) is 0 Å². The van der Waals surface area contributed by atoms with Crippen molar-refractivity contribution in [2.75, 3.05) is 6.54 Å². The number of halogens is 1. The molecule has 0 saturated carbocycles. The Hall–Kier alpha value is -1.95. The van der Waals surface area contributed by atoms with Crippen molar-refractivity contribution in [3.8, 4) is 0 Å². The molecule has 0 spiro atoms. The highest BCUT2D eigenvalue weighted by Gasteiger charge is 2.29. The number of hydrogen-bond acceptors (Lipinski definition) is 3. The topological polar surface area (TPSA) is 42.3 Å². The highest BCUT2D eigenvalue weighted by molar-refractivity contribution is 7.07. The van der Waals surface area contributed by atoms with E-state index >= 15 is 0 Å². The summed E-state index contributed by atoms with van der Waals surface area (Å²) in [5.41, 5.74) is 1.87. The first-order valence-corrected chi connectivity index (χ1v) is 8.64. The zero-order chi connectivity index (χ0) is 16.4. The Morgan fingerprint density at radius 3 is 2.74 bits per heavy atom. The van der Waals surface area contributed by atoms with Gasteiger partial charge < -0.3 is 9.47 Å². The van der Waals surface area contributed by atoms with Gasteiger partial charge in [-0.3, -0.25) is 9.59 Å². The van der Waals surface area contributed by atoms with Crippen LogP contribution >= 0.6 is 11.3 Å². The van der Waals surface area contributed by atoms with Crippen molar-refractivity contribution in [1.82, 2.24) is 9.47 Å². The number of nitrogens with zero attached hydrogens (tertiary/aromatic N) is 2. The van der Waals surface area contributed by atoms with Gasteiger partial charge >= 0.3 is 4.87 Å². The van der Waals surface area contributed by atoms with Gasteiger partial charge in [0.25, 0.3) is 0 Å². The van der Waals surface area contributed by atoms with Gasteiger partial charge in [-0.05, 0) is 37.5 Å². The van der Waals surface area contributed by atoms with Crippen LogP contribution in [0.1, 0.15) is 36.6 Å². The second kappa shape index (κ2) is 6.66. The molecule has 23 heavy (non-hydrogen) atoms. The second-order valence-electron chi connectivity index (χ2n) is 5.84. The molecule has 1 aliphatic rings. The van der Waals surface area contributed by atoms with Crippen molar-refractivity contribution >= 4 is 17.2 Å². The first-order chi connectivity index (χ1) is 11.1. The number of carbonyl (C=O) groups is 1. The van der Waals surface area contributed by atoms with E-state index in [1.807, 2.05) is 17.2 Å². The molecule has 0 bridgehead atoms. The minimum atomic E-state index is -0.267. The van der Waals surface area contributed by atoms with Gasteiger partial charge in [0, 0.05) is 30.6 Å². The van der Waals surface area contributed by atoms with Crippen LogP contribution in [0.3, 0.4) is 0 Å². The normalized spacial score (nSPS) is 17.7. The highest BCUT2D eigenvalue weighted by atomic mass is 32.1. The molecule has 3 rings (SSSR count). The van der Waals surface area contributed by atoms with Gasteiger partial charge in [-0.1, -0.05) is 23.5 Å². The molecule has 122 valence electrons. The Kier molecular flexibility index (Phi) is 4.61. The molecule has 4 nitrogen and oxygen atoms in total. The molecular weight excluding hydrogens is 315 g/mol. The molecule has 1 atom stereocenters. The van der Waals surface area contributed by atoms with Gasteiger partial charge in [0.05, 0.1) is 6.04 Å². The fourth-order valence-corrected chi connectivity index (χ4v) is 3.88. The fourth-order valence-electron chi connectivity index (χ4n) is 3.12. The molecule has 1 aliphatic heterocycles. The van der Waals surface area contributed by atoms with Gasteiger partial charge in [-0.15, -0.1) is 0 Å². The van der Waals surface area contributed by atoms with Gasteiger partial charge in [0.2, 0.25) is 5.91 Å². The average molecular weight is 334 g/mol. The van der Waals surface area contributed by atoms with Gasteiger partial charge in [0.15, 0.2) is 0 Å². The zero-order valence-electron chi connectivity index (χ0n) is 13.0.